The van der Waals surface area contributed by atoms with E-state index in [1.807, 2.05) is 142 Å². The van der Waals surface area contributed by atoms with Gasteiger partial charge in [0, 0.05) is 105 Å². The fourth-order valence-corrected chi connectivity index (χ4v) is 10.7. The average Bonchev–Trinajstić information content (AvgIpc) is 3.80. The molecule has 0 unspecified atom stereocenters. The van der Waals surface area contributed by atoms with Gasteiger partial charge in [-0.05, 0) is 162 Å². The van der Waals surface area contributed by atoms with Gasteiger partial charge in [-0.3, -0.25) is 4.79 Å². The molecule has 0 saturated carbocycles. The minimum Gasteiger partial charge on any atom is -0.478 e. The van der Waals surface area contributed by atoms with Crippen LogP contribution in [0.15, 0.2) is 134 Å². The summed E-state index contributed by atoms with van der Waals surface area (Å²) in [4.78, 5) is 52.5. The van der Waals surface area contributed by atoms with Crippen molar-refractivity contribution in [3.63, 3.8) is 0 Å². The van der Waals surface area contributed by atoms with Crippen LogP contribution in [-0.2, 0) is 15.9 Å². The summed E-state index contributed by atoms with van der Waals surface area (Å²) in [6, 6.07) is 37.3. The van der Waals surface area contributed by atoms with Crippen LogP contribution in [0, 0.1) is 0 Å². The molecule has 12 rings (SSSR count). The van der Waals surface area contributed by atoms with Gasteiger partial charge in [0.05, 0.1) is 34.2 Å². The van der Waals surface area contributed by atoms with Crippen molar-refractivity contribution in [1.82, 2.24) is 49.6 Å². The number of anilines is 6. The lowest BCUT2D eigenvalue weighted by Gasteiger charge is -2.39. The van der Waals surface area contributed by atoms with Gasteiger partial charge >= 0.3 is 12.1 Å². The number of aromatic carboxylic acids is 1. The fourth-order valence-electron chi connectivity index (χ4n) is 10.4. The van der Waals surface area contributed by atoms with Crippen molar-refractivity contribution >= 4 is 87.1 Å². The molecular weight excluding hydrogens is 1110 g/mol. The number of carbonyl (C=O) groups excluding carboxylic acids is 2. The molecule has 0 atom stereocenters. The van der Waals surface area contributed by atoms with Gasteiger partial charge in [0.25, 0.3) is 5.91 Å². The number of carbonyl (C=O) groups is 3. The highest BCUT2D eigenvalue weighted by atomic mass is 35.5. The van der Waals surface area contributed by atoms with Crippen molar-refractivity contribution in [3.8, 4) is 0 Å². The summed E-state index contributed by atoms with van der Waals surface area (Å²) in [6.45, 7) is 11.6. The topological polar surface area (TPSA) is 243 Å². The van der Waals surface area contributed by atoms with Crippen LogP contribution in [0.3, 0.4) is 0 Å². The van der Waals surface area contributed by atoms with E-state index in [0.29, 0.717) is 103 Å². The maximum absolute atomic E-state index is 12.6. The minimum absolute atomic E-state index is 0.0445. The number of hydrogen-bond donors (Lipinski definition) is 7. The number of rotatable bonds is 12. The van der Waals surface area contributed by atoms with E-state index in [2.05, 4.69) is 46.2 Å². The zero-order chi connectivity index (χ0) is 59.3. The van der Waals surface area contributed by atoms with Crippen molar-refractivity contribution in [2.45, 2.75) is 75.3 Å². The second-order valence-electron chi connectivity index (χ2n) is 22.6. The number of likely N-dealkylation sites (N-methyl/N-ethyl adjacent to an activating group) is 2. The number of ether oxygens (including phenoxy) is 1. The standard InChI is InChI=1S/C28H30ClN7O2.C24H22ClN5O3.C9H18N2O2/c1-30-23-17-35(18-23)26(37)19-4-10-22(11-5-19)31-27-32-25-24(3-2-14-36(25)33-27)34-15-12-28(38,13-16-34)20-6-8-21(29)9-7-20;25-18-7-5-17(6-8-18)24(33)11-14-29(15-12-24)20-2-1-13-30-21(20)27-23(28-30)26-19-9-3-16(4-10-19)22(31)32;1-9(2,3)13-8(12)11(4)7-5-10-6-7/h2-11,14,23,30,38H,12-13,15-18H2,1H3,(H,31,33);1-10,13,33H,11-12,14-15H2,(H,26,28)(H,31,32);7,10H,5-6H2,1-4H3. The lowest BCUT2D eigenvalue weighted by atomic mass is 9.84. The molecule has 440 valence electrons. The number of hydrogen-bond acceptors (Lipinski definition) is 16. The normalized spacial score (nSPS) is 16.8. The Kier molecular flexibility index (Phi) is 17.6. The number of halogens is 2. The van der Waals surface area contributed by atoms with E-state index in [-0.39, 0.29) is 17.6 Å². The number of likely N-dealkylation sites (tertiary alicyclic amines) is 1. The number of carboxylic acid groups (broad SMARTS) is 1. The van der Waals surface area contributed by atoms with Crippen LogP contribution in [0.2, 0.25) is 10.0 Å². The Labute approximate surface area is 497 Å². The van der Waals surface area contributed by atoms with Crippen molar-refractivity contribution in [2.75, 3.05) is 86.9 Å². The number of aliphatic hydroxyl groups is 2. The molecule has 0 spiro atoms. The smallest absolute Gasteiger partial charge is 0.410 e. The highest BCUT2D eigenvalue weighted by molar-refractivity contribution is 6.30. The first-order valence-corrected chi connectivity index (χ1v) is 28.8. The molecule has 0 radical (unpaired) electrons. The number of carboxylic acids is 1. The predicted octanol–water partition coefficient (Wildman–Crippen LogP) is 8.80. The summed E-state index contributed by atoms with van der Waals surface area (Å²) in [7, 11) is 3.69. The Morgan fingerprint density at radius 3 is 1.46 bits per heavy atom. The quantitative estimate of drug-likeness (QED) is 0.0604. The van der Waals surface area contributed by atoms with Gasteiger partial charge in [-0.2, -0.15) is 9.97 Å². The molecule has 23 heteroatoms. The van der Waals surface area contributed by atoms with Gasteiger partial charge in [-0.25, -0.2) is 18.6 Å². The molecule has 0 aliphatic carbocycles. The third-order valence-corrected chi connectivity index (χ3v) is 16.2. The second kappa shape index (κ2) is 25.0. The van der Waals surface area contributed by atoms with E-state index >= 15 is 0 Å². The first-order chi connectivity index (χ1) is 40.2. The van der Waals surface area contributed by atoms with Crippen LogP contribution in [0.4, 0.5) is 39.4 Å². The maximum Gasteiger partial charge on any atom is 0.410 e. The van der Waals surface area contributed by atoms with Crippen LogP contribution in [0.5, 0.6) is 0 Å². The fraction of sp³-hybridized carbons (Fsp3) is 0.361. The number of amides is 2. The summed E-state index contributed by atoms with van der Waals surface area (Å²) in [5.41, 5.74) is 5.38. The van der Waals surface area contributed by atoms with E-state index in [1.54, 1.807) is 33.1 Å². The van der Waals surface area contributed by atoms with Gasteiger partial charge in [0.15, 0.2) is 11.3 Å². The highest BCUT2D eigenvalue weighted by Crippen LogP contribution is 2.38. The average molecular weight is 1180 g/mol. The van der Waals surface area contributed by atoms with E-state index in [0.717, 1.165) is 60.0 Å². The third kappa shape index (κ3) is 13.8. The largest absolute Gasteiger partial charge is 0.478 e. The summed E-state index contributed by atoms with van der Waals surface area (Å²) in [5.74, 6) is -0.0319. The van der Waals surface area contributed by atoms with Crippen molar-refractivity contribution in [3.05, 3.63) is 166 Å². The zero-order valence-electron chi connectivity index (χ0n) is 47.5. The highest BCUT2D eigenvalue weighted by Gasteiger charge is 2.37. The number of benzene rings is 4. The number of pyridine rings is 2. The molecule has 7 N–H and O–H groups in total. The Balaban J connectivity index is 0.000000156. The first-order valence-electron chi connectivity index (χ1n) is 28.0. The van der Waals surface area contributed by atoms with Gasteiger partial charge in [0.1, 0.15) is 5.60 Å². The molecule has 0 bridgehead atoms. The molecule has 8 heterocycles. The van der Waals surface area contributed by atoms with E-state index in [1.165, 1.54) is 12.1 Å². The molecule has 84 heavy (non-hydrogen) atoms. The molecule has 8 aromatic rings. The first kappa shape index (κ1) is 59.1. The molecule has 2 amide bonds. The summed E-state index contributed by atoms with van der Waals surface area (Å²) < 4.78 is 8.69. The molecule has 4 fully saturated rings. The van der Waals surface area contributed by atoms with Crippen LogP contribution in [-0.4, -0.2) is 156 Å². The zero-order valence-corrected chi connectivity index (χ0v) is 49.1. The van der Waals surface area contributed by atoms with Gasteiger partial charge < -0.3 is 60.9 Å². The Bertz CT molecular complexity index is 3570. The van der Waals surface area contributed by atoms with E-state index < -0.39 is 22.8 Å². The van der Waals surface area contributed by atoms with Crippen molar-refractivity contribution < 1.29 is 34.4 Å². The molecular formula is C61H70Cl2N14O7. The second-order valence-corrected chi connectivity index (χ2v) is 23.4. The Morgan fingerprint density at radius 1 is 0.655 bits per heavy atom. The van der Waals surface area contributed by atoms with Gasteiger partial charge in [-0.1, -0.05) is 47.5 Å². The van der Waals surface area contributed by atoms with Crippen molar-refractivity contribution in [2.24, 2.45) is 0 Å². The number of aromatic nitrogens is 6. The van der Waals surface area contributed by atoms with E-state index in [9.17, 15) is 24.6 Å². The van der Waals surface area contributed by atoms with Gasteiger partial charge in [0.2, 0.25) is 11.9 Å². The molecule has 4 aromatic carbocycles. The van der Waals surface area contributed by atoms with E-state index in [4.69, 9.17) is 38.0 Å². The van der Waals surface area contributed by atoms with Gasteiger partial charge in [-0.15, -0.1) is 10.2 Å². The summed E-state index contributed by atoms with van der Waals surface area (Å²) in [5, 5.41) is 54.6. The molecule has 4 aliphatic heterocycles. The van der Waals surface area contributed by atoms with Crippen molar-refractivity contribution in [1.29, 1.82) is 0 Å². The maximum atomic E-state index is 12.6. The predicted molar refractivity (Wildman–Crippen MR) is 325 cm³/mol. The molecule has 4 aromatic heterocycles. The molecule has 4 saturated heterocycles. The SMILES string of the molecule is CN(C(=O)OC(C)(C)C)C1CNC1.CNC1CN(C(=O)c2ccc(Nc3nc4c(N5CCC(O)(c6ccc(Cl)cc6)CC5)cccn4n3)cc2)C1.O=C(O)c1ccc(Nc2nc3c(N4CCC(O)(c5ccc(Cl)cc5)CC4)cccn3n2)cc1. The van der Waals surface area contributed by atoms with Crippen LogP contribution in [0.1, 0.15) is 78.3 Å². The summed E-state index contributed by atoms with van der Waals surface area (Å²) in [6.07, 6.45) is 5.85. The third-order valence-electron chi connectivity index (χ3n) is 15.7. The Hall–Kier alpha value is -8.05. The Morgan fingerprint density at radius 2 is 1.08 bits per heavy atom. The van der Waals surface area contributed by atoms with Crippen LogP contribution < -0.4 is 31.1 Å². The number of nitrogens with zero attached hydrogens (tertiary/aromatic N) is 10. The number of piperidine rings is 2. The van der Waals surface area contributed by atoms with Crippen LogP contribution in [0.25, 0.3) is 11.3 Å². The number of fused-ring (bicyclic) bond motifs is 2. The monoisotopic (exact) mass is 1180 g/mol. The minimum atomic E-state index is -0.971. The molecule has 21 nitrogen and oxygen atoms in total. The van der Waals surface area contributed by atoms with Crippen LogP contribution >= 0.6 is 23.2 Å². The molecule has 4 aliphatic rings. The number of nitrogens with one attached hydrogen (secondary N) is 4. The lowest BCUT2D eigenvalue weighted by Crippen LogP contribution is -2.58. The summed E-state index contributed by atoms with van der Waals surface area (Å²) >= 11 is 12.0. The lowest BCUT2D eigenvalue weighted by molar-refractivity contribution is 0.0114.